The first-order valence-corrected chi connectivity index (χ1v) is 8.18. The van der Waals surface area contributed by atoms with Crippen LogP contribution >= 0.6 is 15.9 Å². The minimum atomic E-state index is -1.07. The Morgan fingerprint density at radius 3 is 2.36 bits per heavy atom. The summed E-state index contributed by atoms with van der Waals surface area (Å²) in [5.74, 6) is -1.65. The molecule has 25 heavy (non-hydrogen) atoms. The molecule has 0 spiro atoms. The van der Waals surface area contributed by atoms with Crippen LogP contribution in [0.1, 0.15) is 34.6 Å². The number of aromatic hydroxyl groups is 1. The normalized spacial score (nSPS) is 11.5. The number of halogens is 1. The number of carbonyl (C=O) groups is 3. The Morgan fingerprint density at radius 2 is 1.76 bits per heavy atom. The molecule has 0 saturated carbocycles. The first kappa shape index (κ1) is 18.7. The lowest BCUT2D eigenvalue weighted by Crippen LogP contribution is -2.30. The number of ketones is 1. The van der Waals surface area contributed by atoms with Gasteiger partial charge in [0.25, 0.3) is 5.91 Å². The van der Waals surface area contributed by atoms with E-state index in [4.69, 9.17) is 4.74 Å². The maximum Gasteiger partial charge on any atom is 0.342 e. The summed E-state index contributed by atoms with van der Waals surface area (Å²) in [7, 11) is 0. The number of phenols is 1. The Balaban J connectivity index is 2.01. The van der Waals surface area contributed by atoms with E-state index < -0.39 is 18.0 Å². The Labute approximate surface area is 152 Å². The van der Waals surface area contributed by atoms with E-state index in [0.29, 0.717) is 15.7 Å². The predicted molar refractivity (Wildman–Crippen MR) is 95.8 cm³/mol. The third kappa shape index (κ3) is 4.90. The van der Waals surface area contributed by atoms with E-state index in [2.05, 4.69) is 21.2 Å². The number of carbonyl (C=O) groups excluding carboxylic acids is 3. The fraction of sp³-hybridized carbons (Fsp3) is 0.167. The van der Waals surface area contributed by atoms with Crippen molar-refractivity contribution in [2.45, 2.75) is 20.0 Å². The molecule has 7 heteroatoms. The molecule has 0 radical (unpaired) electrons. The second-order valence-corrected chi connectivity index (χ2v) is 6.25. The molecular weight excluding hydrogens is 390 g/mol. The lowest BCUT2D eigenvalue weighted by atomic mass is 10.1. The van der Waals surface area contributed by atoms with Gasteiger partial charge in [-0.2, -0.15) is 0 Å². The van der Waals surface area contributed by atoms with E-state index in [9.17, 15) is 19.5 Å². The average Bonchev–Trinajstić information content (AvgIpc) is 2.57. The molecule has 2 rings (SSSR count). The second-order valence-electron chi connectivity index (χ2n) is 5.33. The number of hydrogen-bond donors (Lipinski definition) is 2. The molecule has 2 N–H and O–H groups in total. The molecular formula is C18H16BrNO5. The Bertz CT molecular complexity index is 817. The molecule has 2 aromatic carbocycles. The van der Waals surface area contributed by atoms with Crippen LogP contribution in [0.25, 0.3) is 0 Å². The van der Waals surface area contributed by atoms with Crippen molar-refractivity contribution in [2.24, 2.45) is 0 Å². The van der Waals surface area contributed by atoms with E-state index in [1.54, 1.807) is 30.3 Å². The Hall–Kier alpha value is -2.67. The number of rotatable bonds is 5. The van der Waals surface area contributed by atoms with Gasteiger partial charge in [0.1, 0.15) is 11.3 Å². The van der Waals surface area contributed by atoms with Crippen molar-refractivity contribution in [3.63, 3.8) is 0 Å². The fourth-order valence-electron chi connectivity index (χ4n) is 1.98. The standard InChI is InChI=1S/C18H16BrNO5/c1-10(21)12-3-6-14(7-4-12)20-17(23)11(2)25-18(24)15-9-13(19)5-8-16(15)22/h3-9,11,22H,1-2H3,(H,20,23)/t11-/m0/s1. The third-order valence-electron chi connectivity index (χ3n) is 3.39. The zero-order valence-corrected chi connectivity index (χ0v) is 15.2. The van der Waals surface area contributed by atoms with Gasteiger partial charge >= 0.3 is 5.97 Å². The van der Waals surface area contributed by atoms with E-state index in [0.717, 1.165) is 0 Å². The number of nitrogens with one attached hydrogen (secondary N) is 1. The highest BCUT2D eigenvalue weighted by atomic mass is 79.9. The number of Topliss-reactive ketones (excluding diaryl/α,β-unsaturated/α-hetero) is 1. The van der Waals surface area contributed by atoms with E-state index in [1.807, 2.05) is 0 Å². The molecule has 0 aliphatic carbocycles. The number of hydrogen-bond acceptors (Lipinski definition) is 5. The molecule has 1 atom stereocenters. The summed E-state index contributed by atoms with van der Waals surface area (Å²) in [5, 5.41) is 12.3. The van der Waals surface area contributed by atoms with Crippen molar-refractivity contribution in [3.05, 3.63) is 58.1 Å². The molecule has 0 bridgehead atoms. The third-order valence-corrected chi connectivity index (χ3v) is 3.88. The van der Waals surface area contributed by atoms with E-state index in [1.165, 1.54) is 26.0 Å². The zero-order valence-electron chi connectivity index (χ0n) is 13.6. The van der Waals surface area contributed by atoms with Crippen molar-refractivity contribution in [1.82, 2.24) is 0 Å². The van der Waals surface area contributed by atoms with Gasteiger partial charge in [-0.3, -0.25) is 9.59 Å². The maximum absolute atomic E-state index is 12.1. The highest BCUT2D eigenvalue weighted by Gasteiger charge is 2.21. The molecule has 0 unspecified atom stereocenters. The molecule has 0 saturated heterocycles. The van der Waals surface area contributed by atoms with Crippen LogP contribution in [0.15, 0.2) is 46.9 Å². The molecule has 0 fully saturated rings. The Morgan fingerprint density at radius 1 is 1.12 bits per heavy atom. The average molecular weight is 406 g/mol. The summed E-state index contributed by atoms with van der Waals surface area (Å²) in [4.78, 5) is 35.4. The van der Waals surface area contributed by atoms with Crippen LogP contribution in [0.2, 0.25) is 0 Å². The van der Waals surface area contributed by atoms with Crippen LogP contribution in [-0.4, -0.2) is 28.9 Å². The lowest BCUT2D eigenvalue weighted by Gasteiger charge is -2.14. The van der Waals surface area contributed by atoms with Gasteiger partial charge in [-0.05, 0) is 56.3 Å². The van der Waals surface area contributed by atoms with Crippen LogP contribution in [0.4, 0.5) is 5.69 Å². The van der Waals surface area contributed by atoms with Crippen molar-refractivity contribution in [2.75, 3.05) is 5.32 Å². The largest absolute Gasteiger partial charge is 0.507 e. The summed E-state index contributed by atoms with van der Waals surface area (Å²) in [6, 6.07) is 10.7. The quantitative estimate of drug-likeness (QED) is 0.585. The molecule has 2 aromatic rings. The van der Waals surface area contributed by atoms with Gasteiger partial charge in [-0.1, -0.05) is 15.9 Å². The first-order valence-electron chi connectivity index (χ1n) is 7.39. The van der Waals surface area contributed by atoms with E-state index >= 15 is 0 Å². The molecule has 1 amide bonds. The monoisotopic (exact) mass is 405 g/mol. The minimum absolute atomic E-state index is 0.0418. The molecule has 6 nitrogen and oxygen atoms in total. The number of anilines is 1. The number of phenolic OH excluding ortho intramolecular Hbond substituents is 1. The number of ether oxygens (including phenoxy) is 1. The number of benzene rings is 2. The minimum Gasteiger partial charge on any atom is -0.507 e. The first-order chi connectivity index (χ1) is 11.8. The van der Waals surface area contributed by atoms with Gasteiger partial charge in [0, 0.05) is 15.7 Å². The molecule has 0 heterocycles. The van der Waals surface area contributed by atoms with Crippen molar-refractivity contribution in [1.29, 1.82) is 0 Å². The summed E-state index contributed by atoms with van der Waals surface area (Å²) in [6.45, 7) is 2.87. The summed E-state index contributed by atoms with van der Waals surface area (Å²) >= 11 is 3.20. The fourth-order valence-corrected chi connectivity index (χ4v) is 2.34. The van der Waals surface area contributed by atoms with Gasteiger partial charge in [0.15, 0.2) is 11.9 Å². The summed E-state index contributed by atoms with van der Waals surface area (Å²) in [5.41, 5.74) is 0.964. The highest BCUT2D eigenvalue weighted by molar-refractivity contribution is 9.10. The summed E-state index contributed by atoms with van der Waals surface area (Å²) < 4.78 is 5.68. The molecule has 0 aliphatic rings. The zero-order chi connectivity index (χ0) is 18.6. The lowest BCUT2D eigenvalue weighted by molar-refractivity contribution is -0.123. The van der Waals surface area contributed by atoms with Gasteiger partial charge < -0.3 is 15.2 Å². The van der Waals surface area contributed by atoms with Crippen molar-refractivity contribution < 1.29 is 24.2 Å². The van der Waals surface area contributed by atoms with Gasteiger partial charge in [-0.15, -0.1) is 0 Å². The molecule has 0 aromatic heterocycles. The van der Waals surface area contributed by atoms with Crippen LogP contribution in [-0.2, 0) is 9.53 Å². The van der Waals surface area contributed by atoms with Crippen LogP contribution in [0, 0.1) is 0 Å². The second kappa shape index (κ2) is 7.94. The number of amides is 1. The number of esters is 1. The predicted octanol–water partition coefficient (Wildman–Crippen LogP) is 3.54. The molecule has 0 aliphatic heterocycles. The van der Waals surface area contributed by atoms with Crippen LogP contribution in [0.3, 0.4) is 0 Å². The maximum atomic E-state index is 12.1. The topological polar surface area (TPSA) is 92.7 Å². The van der Waals surface area contributed by atoms with Gasteiger partial charge in [0.05, 0.1) is 0 Å². The molecule has 130 valence electrons. The smallest absolute Gasteiger partial charge is 0.342 e. The SMILES string of the molecule is CC(=O)c1ccc(NC(=O)[C@H](C)OC(=O)c2cc(Br)ccc2O)cc1. The highest BCUT2D eigenvalue weighted by Crippen LogP contribution is 2.23. The van der Waals surface area contributed by atoms with Crippen molar-refractivity contribution >= 4 is 39.3 Å². The van der Waals surface area contributed by atoms with Crippen molar-refractivity contribution in [3.8, 4) is 5.75 Å². The van der Waals surface area contributed by atoms with E-state index in [-0.39, 0.29) is 17.1 Å². The van der Waals surface area contributed by atoms with Gasteiger partial charge in [-0.25, -0.2) is 4.79 Å². The summed E-state index contributed by atoms with van der Waals surface area (Å²) in [6.07, 6.45) is -1.07. The van der Waals surface area contributed by atoms with Crippen LogP contribution < -0.4 is 5.32 Å². The van der Waals surface area contributed by atoms with Crippen LogP contribution in [0.5, 0.6) is 5.75 Å². The van der Waals surface area contributed by atoms with Gasteiger partial charge in [0.2, 0.25) is 0 Å². The Kier molecular flexibility index (Phi) is 5.93.